The molecule has 3 amide bonds. The molecule has 0 spiro atoms. The van der Waals surface area contributed by atoms with Crippen molar-refractivity contribution < 1.29 is 29.0 Å². The van der Waals surface area contributed by atoms with E-state index in [-0.39, 0.29) is 30.5 Å². The van der Waals surface area contributed by atoms with Crippen LogP contribution in [0.3, 0.4) is 0 Å². The topological polar surface area (TPSA) is 128 Å². The SMILES string of the molecule is CC(C)(C)OC(=O)N1CCN(c2ccc(C(=O)O)c(CNC3CCC(=O)NC3=O)c2)CC1. The largest absolute Gasteiger partial charge is 0.478 e. The van der Waals surface area contributed by atoms with Gasteiger partial charge >= 0.3 is 12.1 Å². The molecular weight excluding hydrogens is 416 g/mol. The van der Waals surface area contributed by atoms with Crippen LogP contribution in [-0.4, -0.2) is 71.7 Å². The Morgan fingerprint density at radius 1 is 1.19 bits per heavy atom. The van der Waals surface area contributed by atoms with E-state index in [1.807, 2.05) is 20.8 Å². The molecule has 174 valence electrons. The lowest BCUT2D eigenvalue weighted by Gasteiger charge is -2.37. The molecule has 1 atom stereocenters. The van der Waals surface area contributed by atoms with Gasteiger partial charge in [0.05, 0.1) is 11.6 Å². The number of carbonyl (C=O) groups is 4. The van der Waals surface area contributed by atoms with E-state index >= 15 is 0 Å². The Kier molecular flexibility index (Phi) is 7.02. The van der Waals surface area contributed by atoms with Gasteiger partial charge in [-0.05, 0) is 51.0 Å². The molecule has 2 saturated heterocycles. The lowest BCUT2D eigenvalue weighted by atomic mass is 10.0. The molecular formula is C22H30N4O6. The van der Waals surface area contributed by atoms with Crippen LogP contribution in [0, 0.1) is 0 Å². The van der Waals surface area contributed by atoms with Gasteiger partial charge in [-0.25, -0.2) is 9.59 Å². The third-order valence-electron chi connectivity index (χ3n) is 5.39. The van der Waals surface area contributed by atoms with E-state index in [9.17, 15) is 24.3 Å². The highest BCUT2D eigenvalue weighted by molar-refractivity contribution is 6.00. The number of hydrogen-bond donors (Lipinski definition) is 3. The van der Waals surface area contributed by atoms with E-state index in [0.29, 0.717) is 38.2 Å². The van der Waals surface area contributed by atoms with Gasteiger partial charge in [-0.3, -0.25) is 14.9 Å². The minimum atomic E-state index is -1.05. The van der Waals surface area contributed by atoms with Crippen LogP contribution in [0.15, 0.2) is 18.2 Å². The summed E-state index contributed by atoms with van der Waals surface area (Å²) < 4.78 is 5.43. The number of piperidine rings is 1. The summed E-state index contributed by atoms with van der Waals surface area (Å²) in [6, 6.07) is 4.56. The van der Waals surface area contributed by atoms with Crippen LogP contribution in [0.5, 0.6) is 0 Å². The number of carboxylic acids is 1. The summed E-state index contributed by atoms with van der Waals surface area (Å²) in [7, 11) is 0. The van der Waals surface area contributed by atoms with Crippen LogP contribution < -0.4 is 15.5 Å². The summed E-state index contributed by atoms with van der Waals surface area (Å²) in [4.78, 5) is 51.0. The van der Waals surface area contributed by atoms with Crippen LogP contribution >= 0.6 is 0 Å². The molecule has 1 unspecified atom stereocenters. The molecule has 10 heteroatoms. The molecule has 3 rings (SSSR count). The van der Waals surface area contributed by atoms with Crippen molar-refractivity contribution >= 4 is 29.6 Å². The summed E-state index contributed by atoms with van der Waals surface area (Å²) in [5.74, 6) is -1.74. The number of hydrogen-bond acceptors (Lipinski definition) is 7. The van der Waals surface area contributed by atoms with Gasteiger partial charge in [0.15, 0.2) is 0 Å². The van der Waals surface area contributed by atoms with Gasteiger partial charge in [-0.15, -0.1) is 0 Å². The van der Waals surface area contributed by atoms with Gasteiger partial charge in [0.25, 0.3) is 0 Å². The van der Waals surface area contributed by atoms with Crippen molar-refractivity contribution in [3.05, 3.63) is 29.3 Å². The van der Waals surface area contributed by atoms with Crippen molar-refractivity contribution in [2.24, 2.45) is 0 Å². The van der Waals surface area contributed by atoms with Crippen molar-refractivity contribution in [3.63, 3.8) is 0 Å². The molecule has 32 heavy (non-hydrogen) atoms. The fourth-order valence-electron chi connectivity index (χ4n) is 3.73. The fraction of sp³-hybridized carbons (Fsp3) is 0.545. The number of benzene rings is 1. The number of anilines is 1. The highest BCUT2D eigenvalue weighted by atomic mass is 16.6. The molecule has 1 aromatic rings. The van der Waals surface area contributed by atoms with Crippen molar-refractivity contribution in [1.29, 1.82) is 0 Å². The monoisotopic (exact) mass is 446 g/mol. The molecule has 0 radical (unpaired) electrons. The van der Waals surface area contributed by atoms with E-state index in [0.717, 1.165) is 5.69 Å². The third kappa shape index (κ3) is 5.97. The molecule has 0 aromatic heterocycles. The number of carbonyl (C=O) groups excluding carboxylic acids is 3. The summed E-state index contributed by atoms with van der Waals surface area (Å²) in [6.45, 7) is 7.84. The third-order valence-corrected chi connectivity index (χ3v) is 5.39. The van der Waals surface area contributed by atoms with Gasteiger partial charge < -0.3 is 25.0 Å². The maximum Gasteiger partial charge on any atom is 0.410 e. The Labute approximate surface area is 186 Å². The number of nitrogens with zero attached hydrogens (tertiary/aromatic N) is 2. The average Bonchev–Trinajstić information content (AvgIpc) is 2.71. The number of carboxylic acid groups (broad SMARTS) is 1. The second-order valence-electron chi connectivity index (χ2n) is 8.99. The number of nitrogens with one attached hydrogen (secondary N) is 2. The first-order valence-corrected chi connectivity index (χ1v) is 10.7. The molecule has 2 fully saturated rings. The first-order chi connectivity index (χ1) is 15.0. The quantitative estimate of drug-likeness (QED) is 0.578. The standard InChI is InChI=1S/C22H30N4O6/c1-22(2,3)32-21(31)26-10-8-25(9-11-26)15-4-5-16(20(29)30)14(12-15)13-23-17-6-7-18(27)24-19(17)28/h4-5,12,17,23H,6-11,13H2,1-3H3,(H,29,30)(H,24,27,28). The number of imide groups is 1. The van der Waals surface area contributed by atoms with Gasteiger partial charge in [-0.1, -0.05) is 0 Å². The molecule has 0 aliphatic carbocycles. The lowest BCUT2D eigenvalue weighted by Crippen LogP contribution is -2.50. The van der Waals surface area contributed by atoms with E-state index in [1.54, 1.807) is 23.1 Å². The van der Waals surface area contributed by atoms with Gasteiger partial charge in [0.2, 0.25) is 11.8 Å². The van der Waals surface area contributed by atoms with Crippen LogP contribution in [0.4, 0.5) is 10.5 Å². The zero-order valence-corrected chi connectivity index (χ0v) is 18.6. The summed E-state index contributed by atoms with van der Waals surface area (Å²) in [5.41, 5.74) is 1.000. The van der Waals surface area contributed by atoms with Crippen molar-refractivity contribution in [2.45, 2.75) is 51.8 Å². The first-order valence-electron chi connectivity index (χ1n) is 10.7. The van der Waals surface area contributed by atoms with E-state index in [1.165, 1.54) is 0 Å². The normalized spacial score (nSPS) is 19.5. The van der Waals surface area contributed by atoms with E-state index < -0.39 is 23.5 Å². The summed E-state index contributed by atoms with van der Waals surface area (Å²) in [6.07, 6.45) is 0.281. The molecule has 2 aliphatic heterocycles. The van der Waals surface area contributed by atoms with Gasteiger partial charge in [0, 0.05) is 44.8 Å². The Morgan fingerprint density at radius 3 is 2.47 bits per heavy atom. The van der Waals surface area contributed by atoms with Crippen molar-refractivity contribution in [3.8, 4) is 0 Å². The summed E-state index contributed by atoms with van der Waals surface area (Å²) >= 11 is 0. The second kappa shape index (κ2) is 9.56. The number of ether oxygens (including phenoxy) is 1. The highest BCUT2D eigenvalue weighted by Crippen LogP contribution is 2.23. The predicted octanol–water partition coefficient (Wildman–Crippen LogP) is 1.34. The van der Waals surface area contributed by atoms with Crippen LogP contribution in [0.2, 0.25) is 0 Å². The lowest BCUT2D eigenvalue weighted by molar-refractivity contribution is -0.134. The Morgan fingerprint density at radius 2 is 1.88 bits per heavy atom. The smallest absolute Gasteiger partial charge is 0.410 e. The molecule has 10 nitrogen and oxygen atoms in total. The molecule has 0 bridgehead atoms. The number of rotatable bonds is 5. The number of aromatic carboxylic acids is 1. The number of piperazine rings is 1. The molecule has 3 N–H and O–H groups in total. The Balaban J connectivity index is 1.65. The van der Waals surface area contributed by atoms with Crippen LogP contribution in [0.25, 0.3) is 0 Å². The van der Waals surface area contributed by atoms with Crippen molar-refractivity contribution in [2.75, 3.05) is 31.1 Å². The summed E-state index contributed by atoms with van der Waals surface area (Å²) in [5, 5.41) is 14.9. The zero-order valence-electron chi connectivity index (χ0n) is 18.6. The van der Waals surface area contributed by atoms with Crippen LogP contribution in [0.1, 0.15) is 49.5 Å². The molecule has 2 aliphatic rings. The Bertz CT molecular complexity index is 902. The predicted molar refractivity (Wildman–Crippen MR) is 116 cm³/mol. The maximum absolute atomic E-state index is 12.3. The minimum absolute atomic E-state index is 0.154. The molecule has 2 heterocycles. The minimum Gasteiger partial charge on any atom is -0.478 e. The molecule has 0 saturated carbocycles. The Hall–Kier alpha value is -3.14. The fourth-order valence-corrected chi connectivity index (χ4v) is 3.73. The van der Waals surface area contributed by atoms with Gasteiger partial charge in [0.1, 0.15) is 5.60 Å². The van der Waals surface area contributed by atoms with E-state index in [4.69, 9.17) is 4.74 Å². The second-order valence-corrected chi connectivity index (χ2v) is 8.99. The zero-order chi connectivity index (χ0) is 23.5. The first kappa shape index (κ1) is 23.5. The average molecular weight is 447 g/mol. The number of amides is 3. The maximum atomic E-state index is 12.3. The highest BCUT2D eigenvalue weighted by Gasteiger charge is 2.28. The van der Waals surface area contributed by atoms with Crippen LogP contribution in [-0.2, 0) is 20.9 Å². The molecule has 1 aromatic carbocycles. The van der Waals surface area contributed by atoms with Gasteiger partial charge in [-0.2, -0.15) is 0 Å². The van der Waals surface area contributed by atoms with Crippen molar-refractivity contribution in [1.82, 2.24) is 15.5 Å². The van der Waals surface area contributed by atoms with E-state index in [2.05, 4.69) is 15.5 Å².